The van der Waals surface area contributed by atoms with E-state index >= 15 is 0 Å². The lowest BCUT2D eigenvalue weighted by atomic mass is 10.3. The van der Waals surface area contributed by atoms with E-state index in [1.54, 1.807) is 30.3 Å². The predicted molar refractivity (Wildman–Crippen MR) is 68.3 cm³/mol. The fraction of sp³-hybridized carbons (Fsp3) is 0. The highest BCUT2D eigenvalue weighted by Crippen LogP contribution is 2.31. The average molecular weight is 290 g/mol. The molecule has 1 heterocycles. The molecule has 0 saturated heterocycles. The molecule has 0 radical (unpaired) electrons. The molecule has 1 N–H and O–H groups in total. The van der Waals surface area contributed by atoms with Crippen molar-refractivity contribution in [2.75, 3.05) is 0 Å². The molecule has 0 unspecified atom stereocenters. The van der Waals surface area contributed by atoms with Crippen LogP contribution in [0.1, 0.15) is 0 Å². The molecule has 2 aromatic rings. The molecular weight excluding hydrogens is 282 g/mol. The van der Waals surface area contributed by atoms with Crippen molar-refractivity contribution in [3.05, 3.63) is 57.1 Å². The van der Waals surface area contributed by atoms with Crippen molar-refractivity contribution in [2.45, 2.75) is 0 Å². The van der Waals surface area contributed by atoms with Crippen molar-refractivity contribution in [3.8, 4) is 0 Å². The Bertz CT molecular complexity index is 602. The van der Waals surface area contributed by atoms with Crippen LogP contribution in [0.5, 0.6) is 0 Å². The zero-order chi connectivity index (χ0) is 12.4. The van der Waals surface area contributed by atoms with Gasteiger partial charge in [-0.2, -0.15) is 4.73 Å². The molecule has 0 fully saturated rings. The second kappa shape index (κ2) is 5.00. The van der Waals surface area contributed by atoms with Gasteiger partial charge in [0.15, 0.2) is 5.49 Å². The summed E-state index contributed by atoms with van der Waals surface area (Å²) in [6.45, 7) is 0. The standard InChI is InChI=1S/C11H7Cl3N2O/c12-7-3-1-4-8(13)11(7)15-10-6-2-5-9(14)16(10)17/h1-6,17H. The van der Waals surface area contributed by atoms with Crippen molar-refractivity contribution in [2.24, 2.45) is 4.99 Å². The lowest BCUT2D eigenvalue weighted by molar-refractivity contribution is 0.173. The van der Waals surface area contributed by atoms with Crippen molar-refractivity contribution >= 4 is 40.5 Å². The SMILES string of the molecule is On1c(Cl)cccc1=Nc1c(Cl)cccc1Cl. The summed E-state index contributed by atoms with van der Waals surface area (Å²) >= 11 is 17.7. The molecule has 6 heteroatoms. The first kappa shape index (κ1) is 12.3. The summed E-state index contributed by atoms with van der Waals surface area (Å²) in [4.78, 5) is 4.17. The van der Waals surface area contributed by atoms with Crippen LogP contribution in [0.2, 0.25) is 15.2 Å². The number of pyridine rings is 1. The van der Waals surface area contributed by atoms with Crippen LogP contribution in [0.25, 0.3) is 0 Å². The molecule has 1 aromatic heterocycles. The third kappa shape index (κ3) is 2.57. The van der Waals surface area contributed by atoms with Crippen LogP contribution in [0.4, 0.5) is 5.69 Å². The van der Waals surface area contributed by atoms with Crippen molar-refractivity contribution in [1.29, 1.82) is 0 Å². The second-order valence-corrected chi connectivity index (χ2v) is 4.40. The van der Waals surface area contributed by atoms with Gasteiger partial charge in [-0.3, -0.25) is 0 Å². The molecule has 0 bridgehead atoms. The van der Waals surface area contributed by atoms with Crippen molar-refractivity contribution < 1.29 is 5.21 Å². The third-order valence-electron chi connectivity index (χ3n) is 2.06. The van der Waals surface area contributed by atoms with E-state index in [1.807, 2.05) is 0 Å². The summed E-state index contributed by atoms with van der Waals surface area (Å²) in [6, 6.07) is 9.84. The van der Waals surface area contributed by atoms with Crippen LogP contribution in [0, 0.1) is 0 Å². The second-order valence-electron chi connectivity index (χ2n) is 3.20. The maximum Gasteiger partial charge on any atom is 0.170 e. The van der Waals surface area contributed by atoms with Crippen molar-refractivity contribution in [3.63, 3.8) is 0 Å². The highest BCUT2D eigenvalue weighted by Gasteiger charge is 2.04. The molecular formula is C11H7Cl3N2O. The Labute approximate surface area is 112 Å². The fourth-order valence-electron chi connectivity index (χ4n) is 1.26. The Morgan fingerprint density at radius 1 is 0.941 bits per heavy atom. The molecule has 2 rings (SSSR count). The number of hydrogen-bond donors (Lipinski definition) is 1. The highest BCUT2D eigenvalue weighted by atomic mass is 35.5. The minimum absolute atomic E-state index is 0.148. The maximum absolute atomic E-state index is 9.65. The van der Waals surface area contributed by atoms with E-state index in [4.69, 9.17) is 34.8 Å². The lowest BCUT2D eigenvalue weighted by Gasteiger charge is -2.03. The number of rotatable bonds is 1. The Morgan fingerprint density at radius 3 is 2.18 bits per heavy atom. The smallest absolute Gasteiger partial charge is 0.170 e. The van der Waals surface area contributed by atoms with Gasteiger partial charge in [-0.05, 0) is 24.3 Å². The van der Waals surface area contributed by atoms with E-state index in [2.05, 4.69) is 4.99 Å². The van der Waals surface area contributed by atoms with E-state index in [-0.39, 0.29) is 10.6 Å². The summed E-state index contributed by atoms with van der Waals surface area (Å²) in [5.74, 6) is 0. The predicted octanol–water partition coefficient (Wildman–Crippen LogP) is 3.92. The first-order chi connectivity index (χ1) is 8.09. The van der Waals surface area contributed by atoms with Gasteiger partial charge in [0.05, 0.1) is 10.0 Å². The van der Waals surface area contributed by atoms with Crippen LogP contribution < -0.4 is 5.49 Å². The average Bonchev–Trinajstić information content (AvgIpc) is 2.29. The summed E-state index contributed by atoms with van der Waals surface area (Å²) < 4.78 is 0.751. The molecule has 1 aromatic carbocycles. The van der Waals surface area contributed by atoms with Gasteiger partial charge in [0, 0.05) is 0 Å². The first-order valence-corrected chi connectivity index (χ1v) is 5.78. The van der Waals surface area contributed by atoms with E-state index in [0.29, 0.717) is 15.7 Å². The van der Waals surface area contributed by atoms with E-state index in [1.165, 1.54) is 6.07 Å². The third-order valence-corrected chi connectivity index (χ3v) is 2.96. The van der Waals surface area contributed by atoms with E-state index < -0.39 is 0 Å². The van der Waals surface area contributed by atoms with Crippen LogP contribution in [-0.2, 0) is 0 Å². The normalized spacial score (nSPS) is 11.8. The quantitative estimate of drug-likeness (QED) is 0.627. The zero-order valence-corrected chi connectivity index (χ0v) is 10.7. The maximum atomic E-state index is 9.65. The zero-order valence-electron chi connectivity index (χ0n) is 8.44. The Morgan fingerprint density at radius 2 is 1.53 bits per heavy atom. The molecule has 0 aliphatic heterocycles. The number of para-hydroxylation sites is 1. The minimum Gasteiger partial charge on any atom is -0.426 e. The van der Waals surface area contributed by atoms with E-state index in [0.717, 1.165) is 4.73 Å². The van der Waals surface area contributed by atoms with Gasteiger partial charge in [0.2, 0.25) is 0 Å². The van der Waals surface area contributed by atoms with Crippen LogP contribution in [0.15, 0.2) is 41.4 Å². The van der Waals surface area contributed by atoms with Crippen LogP contribution >= 0.6 is 34.8 Å². The van der Waals surface area contributed by atoms with Gasteiger partial charge in [-0.1, -0.05) is 46.9 Å². The van der Waals surface area contributed by atoms with Gasteiger partial charge < -0.3 is 5.21 Å². The number of hydrogen-bond acceptors (Lipinski definition) is 2. The Hall–Kier alpha value is -1.16. The lowest BCUT2D eigenvalue weighted by Crippen LogP contribution is -2.17. The minimum atomic E-state index is 0.148. The van der Waals surface area contributed by atoms with Gasteiger partial charge in [0.1, 0.15) is 10.8 Å². The van der Waals surface area contributed by atoms with Crippen LogP contribution in [0.3, 0.4) is 0 Å². The number of halogens is 3. The Kier molecular flexibility index (Phi) is 3.62. The Balaban J connectivity index is 2.68. The molecule has 88 valence electrons. The molecule has 0 aliphatic carbocycles. The first-order valence-electron chi connectivity index (χ1n) is 4.65. The monoisotopic (exact) mass is 288 g/mol. The van der Waals surface area contributed by atoms with Gasteiger partial charge in [0.25, 0.3) is 0 Å². The molecule has 0 aliphatic rings. The van der Waals surface area contributed by atoms with Gasteiger partial charge in [-0.25, -0.2) is 4.99 Å². The number of benzene rings is 1. The largest absolute Gasteiger partial charge is 0.426 e. The highest BCUT2D eigenvalue weighted by molar-refractivity contribution is 6.38. The summed E-state index contributed by atoms with van der Waals surface area (Å²) in [5.41, 5.74) is 0.633. The fourth-order valence-corrected chi connectivity index (χ4v) is 1.90. The topological polar surface area (TPSA) is 37.5 Å². The van der Waals surface area contributed by atoms with Crippen molar-refractivity contribution in [1.82, 2.24) is 4.73 Å². The molecule has 0 amide bonds. The van der Waals surface area contributed by atoms with E-state index in [9.17, 15) is 5.21 Å². The molecule has 0 atom stereocenters. The van der Waals surface area contributed by atoms with Gasteiger partial charge in [-0.15, -0.1) is 0 Å². The molecule has 0 spiro atoms. The molecule has 17 heavy (non-hydrogen) atoms. The number of aromatic nitrogens is 1. The summed E-state index contributed by atoms with van der Waals surface area (Å²) in [5, 5.41) is 10.6. The summed E-state index contributed by atoms with van der Waals surface area (Å²) in [7, 11) is 0. The summed E-state index contributed by atoms with van der Waals surface area (Å²) in [6.07, 6.45) is 0. The van der Waals surface area contributed by atoms with Crippen LogP contribution in [-0.4, -0.2) is 9.94 Å². The molecule has 3 nitrogen and oxygen atoms in total. The number of nitrogens with zero attached hydrogens (tertiary/aromatic N) is 2. The van der Waals surface area contributed by atoms with Gasteiger partial charge >= 0.3 is 0 Å². The molecule has 0 saturated carbocycles.